The second-order valence-electron chi connectivity index (χ2n) is 4.27. The van der Waals surface area contributed by atoms with E-state index in [4.69, 9.17) is 23.2 Å². The van der Waals surface area contributed by atoms with Gasteiger partial charge in [-0.3, -0.25) is 4.79 Å². The van der Waals surface area contributed by atoms with Gasteiger partial charge < -0.3 is 0 Å². The van der Waals surface area contributed by atoms with E-state index in [1.165, 1.54) is 12.1 Å². The summed E-state index contributed by atoms with van der Waals surface area (Å²) in [7, 11) is 0. The van der Waals surface area contributed by atoms with Gasteiger partial charge in [-0.15, -0.1) is 0 Å². The van der Waals surface area contributed by atoms with Crippen LogP contribution in [0.15, 0.2) is 36.4 Å². The molecule has 4 heteroatoms. The smallest absolute Gasteiger partial charge is 0.168 e. The molecule has 2 aromatic carbocycles. The number of aryl methyl sites for hydroxylation is 1. The molecule has 0 unspecified atom stereocenters. The van der Waals surface area contributed by atoms with Gasteiger partial charge >= 0.3 is 0 Å². The van der Waals surface area contributed by atoms with Crippen molar-refractivity contribution in [2.75, 3.05) is 0 Å². The van der Waals surface area contributed by atoms with Gasteiger partial charge in [0.2, 0.25) is 0 Å². The number of ketones is 1. The number of halogens is 3. The first-order valence-electron chi connectivity index (χ1n) is 5.71. The second kappa shape index (κ2) is 5.72. The fourth-order valence-corrected chi connectivity index (χ4v) is 2.25. The summed E-state index contributed by atoms with van der Waals surface area (Å²) < 4.78 is 13.0. The van der Waals surface area contributed by atoms with Crippen molar-refractivity contribution < 1.29 is 9.18 Å². The first kappa shape index (κ1) is 14.0. The maximum Gasteiger partial charge on any atom is 0.168 e. The average Bonchev–Trinajstić information content (AvgIpc) is 2.36. The highest BCUT2D eigenvalue weighted by Gasteiger charge is 2.14. The van der Waals surface area contributed by atoms with Crippen molar-refractivity contribution in [1.82, 2.24) is 0 Å². The van der Waals surface area contributed by atoms with Crippen LogP contribution in [0.3, 0.4) is 0 Å². The minimum absolute atomic E-state index is 0.137. The third kappa shape index (κ3) is 3.14. The molecular weight excluding hydrogens is 286 g/mol. The molecule has 0 aromatic heterocycles. The van der Waals surface area contributed by atoms with Crippen LogP contribution in [0.5, 0.6) is 0 Å². The summed E-state index contributed by atoms with van der Waals surface area (Å²) in [4.78, 5) is 12.2. The Kier molecular flexibility index (Phi) is 4.23. The Morgan fingerprint density at radius 1 is 1.21 bits per heavy atom. The first-order chi connectivity index (χ1) is 8.99. The molecule has 2 rings (SSSR count). The van der Waals surface area contributed by atoms with E-state index in [0.29, 0.717) is 10.6 Å². The zero-order valence-corrected chi connectivity index (χ0v) is 11.7. The SMILES string of the molecule is Cc1cc(F)ccc1CC(=O)c1cccc(Cl)c1Cl. The Labute approximate surface area is 121 Å². The Morgan fingerprint density at radius 2 is 1.95 bits per heavy atom. The van der Waals surface area contributed by atoms with E-state index in [2.05, 4.69) is 0 Å². The predicted molar refractivity (Wildman–Crippen MR) is 75.6 cm³/mol. The molecule has 0 aliphatic heterocycles. The molecule has 98 valence electrons. The Bertz CT molecular complexity index is 638. The maximum atomic E-state index is 13.0. The van der Waals surface area contributed by atoms with E-state index < -0.39 is 0 Å². The van der Waals surface area contributed by atoms with Crippen LogP contribution in [0.2, 0.25) is 10.0 Å². The van der Waals surface area contributed by atoms with Crippen molar-refractivity contribution >= 4 is 29.0 Å². The summed E-state index contributed by atoms with van der Waals surface area (Å²) in [5.74, 6) is -0.448. The fourth-order valence-electron chi connectivity index (χ4n) is 1.84. The Morgan fingerprint density at radius 3 is 2.63 bits per heavy atom. The van der Waals surface area contributed by atoms with E-state index in [0.717, 1.165) is 11.1 Å². The summed E-state index contributed by atoms with van der Waals surface area (Å²) in [5, 5.41) is 0.609. The predicted octanol–water partition coefficient (Wildman–Crippen LogP) is 4.87. The van der Waals surface area contributed by atoms with Crippen molar-refractivity contribution in [3.63, 3.8) is 0 Å². The van der Waals surface area contributed by atoms with Gasteiger partial charge in [-0.25, -0.2) is 4.39 Å². The molecule has 0 saturated carbocycles. The van der Waals surface area contributed by atoms with Crippen LogP contribution in [0, 0.1) is 12.7 Å². The zero-order valence-electron chi connectivity index (χ0n) is 10.2. The van der Waals surface area contributed by atoms with Crippen molar-refractivity contribution in [3.8, 4) is 0 Å². The van der Waals surface area contributed by atoms with Gasteiger partial charge in [0.15, 0.2) is 5.78 Å². The van der Waals surface area contributed by atoms with Crippen LogP contribution in [-0.2, 0) is 6.42 Å². The van der Waals surface area contributed by atoms with E-state index >= 15 is 0 Å². The number of benzene rings is 2. The number of hydrogen-bond acceptors (Lipinski definition) is 1. The zero-order chi connectivity index (χ0) is 14.0. The molecule has 0 radical (unpaired) electrons. The number of carbonyl (C=O) groups excluding carboxylic acids is 1. The van der Waals surface area contributed by atoms with Gasteiger partial charge in [-0.05, 0) is 42.3 Å². The van der Waals surface area contributed by atoms with Crippen LogP contribution in [-0.4, -0.2) is 5.78 Å². The molecule has 0 fully saturated rings. The van der Waals surface area contributed by atoms with Crippen LogP contribution < -0.4 is 0 Å². The molecule has 0 atom stereocenters. The topological polar surface area (TPSA) is 17.1 Å². The van der Waals surface area contributed by atoms with Gasteiger partial charge in [0.05, 0.1) is 10.0 Å². The summed E-state index contributed by atoms with van der Waals surface area (Å²) in [6.45, 7) is 1.77. The van der Waals surface area contributed by atoms with E-state index in [1.807, 2.05) is 0 Å². The highest BCUT2D eigenvalue weighted by molar-refractivity contribution is 6.43. The first-order valence-corrected chi connectivity index (χ1v) is 6.47. The lowest BCUT2D eigenvalue weighted by atomic mass is 9.99. The summed E-state index contributed by atoms with van der Waals surface area (Å²) >= 11 is 11.9. The van der Waals surface area contributed by atoms with E-state index in [9.17, 15) is 9.18 Å². The normalized spacial score (nSPS) is 10.5. The van der Waals surface area contributed by atoms with Gasteiger partial charge in [0.1, 0.15) is 5.82 Å². The minimum atomic E-state index is -0.311. The van der Waals surface area contributed by atoms with E-state index in [-0.39, 0.29) is 23.0 Å². The molecule has 0 saturated heterocycles. The lowest BCUT2D eigenvalue weighted by Crippen LogP contribution is -2.06. The second-order valence-corrected chi connectivity index (χ2v) is 5.06. The number of hydrogen-bond donors (Lipinski definition) is 0. The molecule has 2 aromatic rings. The van der Waals surface area contributed by atoms with Gasteiger partial charge in [0, 0.05) is 12.0 Å². The number of rotatable bonds is 3. The lowest BCUT2D eigenvalue weighted by molar-refractivity contribution is 0.0993. The standard InChI is InChI=1S/C15H11Cl2FO/c1-9-7-11(18)6-5-10(9)8-14(19)12-3-2-4-13(16)15(12)17/h2-7H,8H2,1H3. The molecular formula is C15H11Cl2FO. The van der Waals surface area contributed by atoms with Crippen LogP contribution >= 0.6 is 23.2 Å². The molecule has 0 spiro atoms. The highest BCUT2D eigenvalue weighted by atomic mass is 35.5. The Balaban J connectivity index is 2.28. The number of Topliss-reactive ketones (excluding diaryl/α,β-unsaturated/α-hetero) is 1. The maximum absolute atomic E-state index is 13.0. The molecule has 0 N–H and O–H groups in total. The summed E-state index contributed by atoms with van der Waals surface area (Å²) in [6.07, 6.45) is 0.173. The van der Waals surface area contributed by atoms with Crippen molar-refractivity contribution in [3.05, 3.63) is 69.0 Å². The van der Waals surface area contributed by atoms with Crippen LogP contribution in [0.25, 0.3) is 0 Å². The van der Waals surface area contributed by atoms with Gasteiger partial charge in [0.25, 0.3) is 0 Å². The molecule has 0 heterocycles. The molecule has 0 aliphatic carbocycles. The average molecular weight is 297 g/mol. The van der Waals surface area contributed by atoms with E-state index in [1.54, 1.807) is 31.2 Å². The van der Waals surface area contributed by atoms with Crippen LogP contribution in [0.4, 0.5) is 4.39 Å². The largest absolute Gasteiger partial charge is 0.294 e. The van der Waals surface area contributed by atoms with Crippen molar-refractivity contribution in [1.29, 1.82) is 0 Å². The van der Waals surface area contributed by atoms with Crippen LogP contribution in [0.1, 0.15) is 21.5 Å². The molecule has 1 nitrogen and oxygen atoms in total. The highest BCUT2D eigenvalue weighted by Crippen LogP contribution is 2.26. The fraction of sp³-hybridized carbons (Fsp3) is 0.133. The lowest BCUT2D eigenvalue weighted by Gasteiger charge is -2.07. The molecule has 19 heavy (non-hydrogen) atoms. The molecule has 0 amide bonds. The summed E-state index contributed by atoms with van der Waals surface area (Å²) in [6, 6.07) is 9.30. The quantitative estimate of drug-likeness (QED) is 0.739. The minimum Gasteiger partial charge on any atom is -0.294 e. The Hall–Kier alpha value is -1.38. The molecule has 0 aliphatic rings. The third-order valence-corrected chi connectivity index (χ3v) is 3.73. The third-order valence-electron chi connectivity index (χ3n) is 2.91. The van der Waals surface area contributed by atoms with Crippen molar-refractivity contribution in [2.45, 2.75) is 13.3 Å². The molecule has 0 bridgehead atoms. The monoisotopic (exact) mass is 296 g/mol. The summed E-state index contributed by atoms with van der Waals surface area (Å²) in [5.41, 5.74) is 1.91. The number of carbonyl (C=O) groups is 1. The van der Waals surface area contributed by atoms with Crippen molar-refractivity contribution in [2.24, 2.45) is 0 Å². The van der Waals surface area contributed by atoms with Gasteiger partial charge in [-0.1, -0.05) is 35.3 Å². The van der Waals surface area contributed by atoms with Gasteiger partial charge in [-0.2, -0.15) is 0 Å².